The molecule has 0 saturated heterocycles. The van der Waals surface area contributed by atoms with Gasteiger partial charge in [-0.1, -0.05) is 18.2 Å². The molecule has 1 atom stereocenters. The van der Waals surface area contributed by atoms with Gasteiger partial charge in [-0.15, -0.1) is 0 Å². The predicted molar refractivity (Wildman–Crippen MR) is 70.6 cm³/mol. The van der Waals surface area contributed by atoms with Crippen LogP contribution in [0.3, 0.4) is 0 Å². The summed E-state index contributed by atoms with van der Waals surface area (Å²) in [7, 11) is 1.80. The highest BCUT2D eigenvalue weighted by Crippen LogP contribution is 2.35. The number of hydrogen-bond acceptors (Lipinski definition) is 3. The van der Waals surface area contributed by atoms with Crippen LogP contribution in [-0.4, -0.2) is 36.5 Å². The number of likely N-dealkylation sites (N-methyl/N-ethyl adjacent to an activating group) is 1. The smallest absolute Gasteiger partial charge is 0.233 e. The second-order valence-corrected chi connectivity index (χ2v) is 5.32. The molecule has 2 N–H and O–H groups in total. The van der Waals surface area contributed by atoms with Crippen LogP contribution in [0.2, 0.25) is 0 Å². The van der Waals surface area contributed by atoms with E-state index in [1.807, 2.05) is 38.1 Å². The summed E-state index contributed by atoms with van der Waals surface area (Å²) in [5.74, 6) is 0.669. The van der Waals surface area contributed by atoms with Crippen molar-refractivity contribution in [1.29, 1.82) is 0 Å². The van der Waals surface area contributed by atoms with Crippen LogP contribution in [0.4, 0.5) is 0 Å². The van der Waals surface area contributed by atoms with Crippen LogP contribution in [0.15, 0.2) is 24.3 Å². The number of para-hydroxylation sites is 1. The van der Waals surface area contributed by atoms with E-state index < -0.39 is 0 Å². The molecule has 0 saturated carbocycles. The highest BCUT2D eigenvalue weighted by molar-refractivity contribution is 5.86. The van der Waals surface area contributed by atoms with Gasteiger partial charge in [-0.05, 0) is 19.9 Å². The third kappa shape index (κ3) is 2.08. The fraction of sp³-hybridized carbons (Fsp3) is 0.500. The van der Waals surface area contributed by atoms with Gasteiger partial charge in [0.15, 0.2) is 0 Å². The summed E-state index contributed by atoms with van der Waals surface area (Å²) in [6.07, 6.45) is 0. The molecule has 1 aliphatic heterocycles. The molecule has 1 unspecified atom stereocenters. The van der Waals surface area contributed by atoms with Gasteiger partial charge in [0.05, 0.1) is 0 Å². The summed E-state index contributed by atoms with van der Waals surface area (Å²) in [6, 6.07) is 7.70. The molecule has 1 aromatic rings. The summed E-state index contributed by atoms with van der Waals surface area (Å²) < 4.78 is 5.55. The van der Waals surface area contributed by atoms with E-state index in [-0.39, 0.29) is 17.4 Å². The molecular formula is C14H20N2O2. The van der Waals surface area contributed by atoms with E-state index in [0.717, 1.165) is 11.3 Å². The van der Waals surface area contributed by atoms with Crippen molar-refractivity contribution in [2.24, 2.45) is 5.73 Å². The van der Waals surface area contributed by atoms with Crippen molar-refractivity contribution < 1.29 is 9.53 Å². The molecule has 0 bridgehead atoms. The lowest BCUT2D eigenvalue weighted by Crippen LogP contribution is -2.51. The zero-order chi connectivity index (χ0) is 13.3. The average Bonchev–Trinajstić information content (AvgIpc) is 2.80. The van der Waals surface area contributed by atoms with Crippen molar-refractivity contribution in [3.8, 4) is 5.75 Å². The van der Waals surface area contributed by atoms with Crippen molar-refractivity contribution in [2.45, 2.75) is 25.3 Å². The number of benzene rings is 1. The van der Waals surface area contributed by atoms with Crippen molar-refractivity contribution in [2.75, 3.05) is 20.2 Å². The minimum atomic E-state index is -0.339. The Kier molecular flexibility index (Phi) is 3.30. The van der Waals surface area contributed by atoms with E-state index in [0.29, 0.717) is 13.2 Å². The molecule has 1 amide bonds. The van der Waals surface area contributed by atoms with E-state index in [1.165, 1.54) is 0 Å². The Morgan fingerprint density at radius 1 is 1.50 bits per heavy atom. The molecule has 4 heteroatoms. The molecule has 0 spiro atoms. The number of fused-ring (bicyclic) bond motifs is 1. The molecule has 4 nitrogen and oxygen atoms in total. The SMILES string of the molecule is CN(C(=O)C1COc2ccccc21)C(C)(C)CN. The lowest BCUT2D eigenvalue weighted by atomic mass is 9.96. The second kappa shape index (κ2) is 4.61. The van der Waals surface area contributed by atoms with Gasteiger partial charge in [0, 0.05) is 24.7 Å². The molecule has 0 aromatic heterocycles. The van der Waals surface area contributed by atoms with E-state index >= 15 is 0 Å². The number of carbonyl (C=O) groups excluding carboxylic acids is 1. The van der Waals surface area contributed by atoms with Crippen LogP contribution in [0.1, 0.15) is 25.3 Å². The Labute approximate surface area is 108 Å². The zero-order valence-electron chi connectivity index (χ0n) is 11.1. The van der Waals surface area contributed by atoms with Gasteiger partial charge in [-0.25, -0.2) is 0 Å². The van der Waals surface area contributed by atoms with Crippen molar-refractivity contribution in [3.05, 3.63) is 29.8 Å². The molecule has 1 heterocycles. The number of ether oxygens (including phenoxy) is 1. The summed E-state index contributed by atoms with van der Waals surface area (Å²) in [4.78, 5) is 14.2. The largest absolute Gasteiger partial charge is 0.492 e. The molecule has 2 rings (SSSR count). The fourth-order valence-corrected chi connectivity index (χ4v) is 2.04. The van der Waals surface area contributed by atoms with E-state index in [4.69, 9.17) is 10.5 Å². The molecule has 0 aliphatic carbocycles. The minimum absolute atomic E-state index is 0.0652. The van der Waals surface area contributed by atoms with Crippen LogP contribution in [-0.2, 0) is 4.79 Å². The number of rotatable bonds is 3. The van der Waals surface area contributed by atoms with Gasteiger partial charge in [-0.2, -0.15) is 0 Å². The molecule has 0 fully saturated rings. The topological polar surface area (TPSA) is 55.6 Å². The average molecular weight is 248 g/mol. The third-order valence-electron chi connectivity index (χ3n) is 3.74. The Balaban J connectivity index is 2.22. The van der Waals surface area contributed by atoms with Crippen LogP contribution in [0, 0.1) is 0 Å². The van der Waals surface area contributed by atoms with Gasteiger partial charge in [0.2, 0.25) is 5.91 Å². The van der Waals surface area contributed by atoms with Crippen LogP contribution in [0.5, 0.6) is 5.75 Å². The van der Waals surface area contributed by atoms with E-state index in [1.54, 1.807) is 11.9 Å². The molecule has 0 radical (unpaired) electrons. The predicted octanol–water partition coefficient (Wildman–Crippen LogP) is 1.36. The minimum Gasteiger partial charge on any atom is -0.492 e. The maximum absolute atomic E-state index is 12.5. The molecule has 1 aromatic carbocycles. The van der Waals surface area contributed by atoms with E-state index in [9.17, 15) is 4.79 Å². The number of hydrogen-bond donors (Lipinski definition) is 1. The Morgan fingerprint density at radius 3 is 2.83 bits per heavy atom. The molecule has 18 heavy (non-hydrogen) atoms. The monoisotopic (exact) mass is 248 g/mol. The van der Waals surface area contributed by atoms with Crippen LogP contribution in [0.25, 0.3) is 0 Å². The summed E-state index contributed by atoms with van der Waals surface area (Å²) in [5, 5.41) is 0. The maximum Gasteiger partial charge on any atom is 0.233 e. The number of nitrogens with two attached hydrogens (primary N) is 1. The first kappa shape index (κ1) is 12.9. The van der Waals surface area contributed by atoms with Crippen molar-refractivity contribution in [1.82, 2.24) is 4.90 Å². The lowest BCUT2D eigenvalue weighted by Gasteiger charge is -2.36. The van der Waals surface area contributed by atoms with Gasteiger partial charge in [0.25, 0.3) is 0 Å². The number of nitrogens with zero attached hydrogens (tertiary/aromatic N) is 1. The molecule has 1 aliphatic rings. The van der Waals surface area contributed by atoms with Crippen LogP contribution < -0.4 is 10.5 Å². The highest BCUT2D eigenvalue weighted by atomic mass is 16.5. The van der Waals surface area contributed by atoms with Gasteiger partial charge >= 0.3 is 0 Å². The molecular weight excluding hydrogens is 228 g/mol. The first-order valence-corrected chi connectivity index (χ1v) is 6.17. The van der Waals surface area contributed by atoms with Crippen molar-refractivity contribution in [3.63, 3.8) is 0 Å². The lowest BCUT2D eigenvalue weighted by molar-refractivity contribution is -0.136. The quantitative estimate of drug-likeness (QED) is 0.878. The standard InChI is InChI=1S/C14H20N2O2/c1-14(2,9-15)16(3)13(17)11-8-18-12-7-5-4-6-10(11)12/h4-7,11H,8-9,15H2,1-3H3. The first-order valence-electron chi connectivity index (χ1n) is 6.17. The normalized spacial score (nSPS) is 18.1. The Morgan fingerprint density at radius 2 is 2.17 bits per heavy atom. The fourth-order valence-electron chi connectivity index (χ4n) is 2.04. The van der Waals surface area contributed by atoms with Gasteiger partial charge in [-0.3, -0.25) is 4.79 Å². The van der Waals surface area contributed by atoms with Crippen LogP contribution >= 0.6 is 0 Å². The Bertz CT molecular complexity index is 457. The summed E-state index contributed by atoms with van der Waals surface area (Å²) in [6.45, 7) is 4.78. The van der Waals surface area contributed by atoms with Gasteiger partial charge < -0.3 is 15.4 Å². The van der Waals surface area contributed by atoms with Gasteiger partial charge in [0.1, 0.15) is 18.3 Å². The van der Waals surface area contributed by atoms with E-state index in [2.05, 4.69) is 0 Å². The maximum atomic E-state index is 12.5. The molecule has 98 valence electrons. The second-order valence-electron chi connectivity index (χ2n) is 5.32. The zero-order valence-corrected chi connectivity index (χ0v) is 11.1. The summed E-state index contributed by atoms with van der Waals surface area (Å²) in [5.41, 5.74) is 6.35. The van der Waals surface area contributed by atoms with Crippen molar-refractivity contribution >= 4 is 5.91 Å². The Hall–Kier alpha value is -1.55. The number of carbonyl (C=O) groups is 1. The third-order valence-corrected chi connectivity index (χ3v) is 3.74. The summed E-state index contributed by atoms with van der Waals surface area (Å²) >= 11 is 0. The first-order chi connectivity index (χ1) is 8.47. The number of amides is 1. The highest BCUT2D eigenvalue weighted by Gasteiger charge is 2.36.